The molecule has 0 spiro atoms. The Labute approximate surface area is 111 Å². The number of nitrogens with two attached hydrogens (primary N) is 1. The van der Waals surface area contributed by atoms with Gasteiger partial charge in [0.05, 0.1) is 15.5 Å². The molecule has 2 aromatic rings. The molecule has 17 heavy (non-hydrogen) atoms. The zero-order valence-corrected chi connectivity index (χ0v) is 11.3. The van der Waals surface area contributed by atoms with Gasteiger partial charge in [-0.25, -0.2) is 9.37 Å². The monoisotopic (exact) mass is 315 g/mol. The number of rotatable bonds is 4. The van der Waals surface area contributed by atoms with Crippen molar-refractivity contribution >= 4 is 27.3 Å². The standard InChI is InChI=1S/C11H11BrFN3S/c12-8-5-7(1-2-9(8)13)10(16-14)6-11-15-3-4-17-11/h1-5,10,16H,6,14H2. The van der Waals surface area contributed by atoms with Gasteiger partial charge in [0.2, 0.25) is 0 Å². The summed E-state index contributed by atoms with van der Waals surface area (Å²) < 4.78 is 13.6. The van der Waals surface area contributed by atoms with Crippen LogP contribution >= 0.6 is 27.3 Å². The lowest BCUT2D eigenvalue weighted by atomic mass is 10.0. The maximum atomic E-state index is 13.1. The summed E-state index contributed by atoms with van der Waals surface area (Å²) in [7, 11) is 0. The van der Waals surface area contributed by atoms with Crippen molar-refractivity contribution in [1.29, 1.82) is 0 Å². The predicted molar refractivity (Wildman–Crippen MR) is 70.0 cm³/mol. The van der Waals surface area contributed by atoms with Gasteiger partial charge in [0.15, 0.2) is 0 Å². The first-order valence-corrected chi connectivity index (χ1v) is 6.67. The van der Waals surface area contributed by atoms with Gasteiger partial charge in [0.25, 0.3) is 0 Å². The van der Waals surface area contributed by atoms with Crippen LogP contribution in [0.1, 0.15) is 16.6 Å². The lowest BCUT2D eigenvalue weighted by Gasteiger charge is -2.15. The van der Waals surface area contributed by atoms with Gasteiger partial charge >= 0.3 is 0 Å². The highest BCUT2D eigenvalue weighted by Crippen LogP contribution is 2.24. The molecule has 1 unspecified atom stereocenters. The van der Waals surface area contributed by atoms with Crippen LogP contribution in [0.5, 0.6) is 0 Å². The molecular formula is C11H11BrFN3S. The van der Waals surface area contributed by atoms with E-state index in [4.69, 9.17) is 5.84 Å². The number of hydrogen-bond donors (Lipinski definition) is 2. The Morgan fingerprint density at radius 1 is 1.53 bits per heavy atom. The number of aromatic nitrogens is 1. The lowest BCUT2D eigenvalue weighted by molar-refractivity contribution is 0.547. The van der Waals surface area contributed by atoms with Crippen LogP contribution in [0.4, 0.5) is 4.39 Å². The third kappa shape index (κ3) is 3.10. The van der Waals surface area contributed by atoms with E-state index in [2.05, 4.69) is 26.3 Å². The molecule has 0 aliphatic rings. The van der Waals surface area contributed by atoms with Gasteiger partial charge in [-0.2, -0.15) is 0 Å². The van der Waals surface area contributed by atoms with Crippen LogP contribution in [-0.2, 0) is 6.42 Å². The van der Waals surface area contributed by atoms with Crippen molar-refractivity contribution in [3.05, 3.63) is 50.6 Å². The van der Waals surface area contributed by atoms with Crippen LogP contribution in [0.2, 0.25) is 0 Å². The smallest absolute Gasteiger partial charge is 0.137 e. The highest BCUT2D eigenvalue weighted by molar-refractivity contribution is 9.10. The van der Waals surface area contributed by atoms with Crippen molar-refractivity contribution in [1.82, 2.24) is 10.4 Å². The second kappa shape index (κ2) is 5.68. The summed E-state index contributed by atoms with van der Waals surface area (Å²) in [5.41, 5.74) is 3.65. The van der Waals surface area contributed by atoms with Crippen LogP contribution in [0.15, 0.2) is 34.2 Å². The molecule has 6 heteroatoms. The maximum absolute atomic E-state index is 13.1. The molecule has 0 radical (unpaired) electrons. The van der Waals surface area contributed by atoms with Crippen molar-refractivity contribution in [2.75, 3.05) is 0 Å². The first kappa shape index (κ1) is 12.6. The Kier molecular flexibility index (Phi) is 4.22. The molecule has 90 valence electrons. The summed E-state index contributed by atoms with van der Waals surface area (Å²) in [6, 6.07) is 4.80. The second-order valence-electron chi connectivity index (χ2n) is 3.52. The van der Waals surface area contributed by atoms with Crippen LogP contribution in [0.25, 0.3) is 0 Å². The van der Waals surface area contributed by atoms with Crippen molar-refractivity contribution < 1.29 is 4.39 Å². The lowest BCUT2D eigenvalue weighted by Crippen LogP contribution is -2.29. The number of hydrazine groups is 1. The molecule has 1 aromatic carbocycles. The van der Waals surface area contributed by atoms with Crippen molar-refractivity contribution in [2.24, 2.45) is 5.84 Å². The van der Waals surface area contributed by atoms with E-state index >= 15 is 0 Å². The van der Waals surface area contributed by atoms with E-state index < -0.39 is 0 Å². The molecule has 0 saturated carbocycles. The second-order valence-corrected chi connectivity index (χ2v) is 5.36. The summed E-state index contributed by atoms with van der Waals surface area (Å²) >= 11 is 4.74. The molecule has 0 aliphatic carbocycles. The van der Waals surface area contributed by atoms with Gasteiger partial charge in [0.1, 0.15) is 5.82 Å². The molecule has 2 rings (SSSR count). The number of nitrogens with one attached hydrogen (secondary N) is 1. The molecule has 3 N–H and O–H groups in total. The number of nitrogens with zero attached hydrogens (tertiary/aromatic N) is 1. The molecule has 0 amide bonds. The summed E-state index contributed by atoms with van der Waals surface area (Å²) in [6.45, 7) is 0. The molecule has 0 saturated heterocycles. The number of halogens is 2. The topological polar surface area (TPSA) is 50.9 Å². The van der Waals surface area contributed by atoms with Crippen LogP contribution in [-0.4, -0.2) is 4.98 Å². The Morgan fingerprint density at radius 2 is 2.35 bits per heavy atom. The van der Waals surface area contributed by atoms with E-state index in [1.165, 1.54) is 6.07 Å². The fraction of sp³-hybridized carbons (Fsp3) is 0.182. The zero-order valence-electron chi connectivity index (χ0n) is 8.86. The molecule has 3 nitrogen and oxygen atoms in total. The predicted octanol–water partition coefficient (Wildman–Crippen LogP) is 2.79. The van der Waals surface area contributed by atoms with Gasteiger partial charge in [-0.1, -0.05) is 6.07 Å². The molecule has 0 bridgehead atoms. The van der Waals surface area contributed by atoms with E-state index in [0.29, 0.717) is 10.9 Å². The number of hydrogen-bond acceptors (Lipinski definition) is 4. The molecule has 0 aliphatic heterocycles. The van der Waals surface area contributed by atoms with Crippen molar-refractivity contribution in [3.63, 3.8) is 0 Å². The Hall–Kier alpha value is -0.820. The largest absolute Gasteiger partial charge is 0.271 e. The van der Waals surface area contributed by atoms with Gasteiger partial charge < -0.3 is 0 Å². The average Bonchev–Trinajstić information content (AvgIpc) is 2.82. The molecular weight excluding hydrogens is 305 g/mol. The van der Waals surface area contributed by atoms with Crippen LogP contribution < -0.4 is 11.3 Å². The first-order chi connectivity index (χ1) is 8.20. The minimum atomic E-state index is -0.279. The molecule has 0 fully saturated rings. The van der Waals surface area contributed by atoms with Crippen LogP contribution in [0, 0.1) is 5.82 Å². The molecule has 1 heterocycles. The minimum absolute atomic E-state index is 0.0713. The minimum Gasteiger partial charge on any atom is -0.271 e. The molecule has 1 atom stereocenters. The normalized spacial score (nSPS) is 12.6. The van der Waals surface area contributed by atoms with Gasteiger partial charge in [-0.3, -0.25) is 11.3 Å². The summed E-state index contributed by atoms with van der Waals surface area (Å²) in [6.07, 6.45) is 2.44. The van der Waals surface area contributed by atoms with E-state index in [9.17, 15) is 4.39 Å². The fourth-order valence-electron chi connectivity index (χ4n) is 1.53. The SMILES string of the molecule is NNC(Cc1nccs1)c1ccc(F)c(Br)c1. The molecule has 1 aromatic heterocycles. The average molecular weight is 316 g/mol. The van der Waals surface area contributed by atoms with E-state index in [1.54, 1.807) is 29.7 Å². The van der Waals surface area contributed by atoms with Crippen LogP contribution in [0.3, 0.4) is 0 Å². The van der Waals surface area contributed by atoms with E-state index in [0.717, 1.165) is 10.6 Å². The fourth-order valence-corrected chi connectivity index (χ4v) is 2.59. The summed E-state index contributed by atoms with van der Waals surface area (Å²) in [4.78, 5) is 4.21. The Morgan fingerprint density at radius 3 is 2.94 bits per heavy atom. The Balaban J connectivity index is 2.20. The van der Waals surface area contributed by atoms with E-state index in [1.807, 2.05) is 5.38 Å². The zero-order chi connectivity index (χ0) is 12.3. The Bertz CT molecular complexity index is 489. The third-order valence-corrected chi connectivity index (χ3v) is 3.82. The van der Waals surface area contributed by atoms with Gasteiger partial charge in [-0.15, -0.1) is 11.3 Å². The quantitative estimate of drug-likeness (QED) is 0.674. The number of benzene rings is 1. The van der Waals surface area contributed by atoms with E-state index in [-0.39, 0.29) is 11.9 Å². The van der Waals surface area contributed by atoms with Crippen molar-refractivity contribution in [2.45, 2.75) is 12.5 Å². The highest BCUT2D eigenvalue weighted by Gasteiger charge is 2.13. The third-order valence-electron chi connectivity index (χ3n) is 2.41. The highest BCUT2D eigenvalue weighted by atomic mass is 79.9. The maximum Gasteiger partial charge on any atom is 0.137 e. The number of thiazole rings is 1. The van der Waals surface area contributed by atoms with Crippen molar-refractivity contribution in [3.8, 4) is 0 Å². The summed E-state index contributed by atoms with van der Waals surface area (Å²) in [5.74, 6) is 5.25. The summed E-state index contributed by atoms with van der Waals surface area (Å²) in [5, 5.41) is 2.91. The van der Waals surface area contributed by atoms with Gasteiger partial charge in [-0.05, 0) is 33.6 Å². The van der Waals surface area contributed by atoms with Gasteiger partial charge in [0, 0.05) is 18.0 Å². The first-order valence-electron chi connectivity index (χ1n) is 5.00.